The maximum absolute atomic E-state index is 16.1. The van der Waals surface area contributed by atoms with Crippen molar-refractivity contribution in [2.45, 2.75) is 42.8 Å². The summed E-state index contributed by atoms with van der Waals surface area (Å²) in [6.07, 6.45) is -2.14. The van der Waals surface area contributed by atoms with Gasteiger partial charge in [-0.2, -0.15) is 0 Å². The zero-order valence-electron chi connectivity index (χ0n) is 37.3. The molecule has 15 nitrogen and oxygen atoms in total. The topological polar surface area (TPSA) is 189 Å². The first-order chi connectivity index (χ1) is 33.5. The number of amides is 2. The largest absolute Gasteiger partial charge is 0.491 e. The van der Waals surface area contributed by atoms with Crippen LogP contribution in [0.2, 0.25) is 0 Å². The second kappa shape index (κ2) is 19.6. The number of nitro groups is 1. The van der Waals surface area contributed by atoms with Crippen LogP contribution < -0.4 is 9.64 Å². The number of cyclic esters (lactones) is 1. The predicted octanol–water partition coefficient (Wildman–Crippen LogP) is 7.54. The van der Waals surface area contributed by atoms with Gasteiger partial charge in [-0.15, -0.1) is 0 Å². The van der Waals surface area contributed by atoms with E-state index < -0.39 is 71.0 Å². The minimum Gasteiger partial charge on any atom is -0.491 e. The summed E-state index contributed by atoms with van der Waals surface area (Å²) in [7, 11) is 1.93. The Morgan fingerprint density at radius 3 is 2.14 bits per heavy atom. The Kier molecular flexibility index (Phi) is 13.1. The summed E-state index contributed by atoms with van der Waals surface area (Å²) in [4.78, 5) is 75.5. The van der Waals surface area contributed by atoms with Gasteiger partial charge in [0.25, 0.3) is 5.69 Å². The van der Waals surface area contributed by atoms with E-state index in [1.807, 2.05) is 90.8 Å². The van der Waals surface area contributed by atoms with E-state index in [9.17, 15) is 34.7 Å². The van der Waals surface area contributed by atoms with E-state index in [2.05, 4.69) is 11.8 Å². The standard InChI is InChI=1S/C54H46N4O11/c1-55(33-36-13-5-2-6-14-36)28-12-15-35-24-27-44-43(31-35)54(52(63)56(44)53(64)68-34-37-22-25-41(26-23-37)58(65)66)45(50(60)61)47-51(62)69-48(39-18-9-4-10-19-39)46(38-16-7-3-8-17-38)57(47)49(54)40-20-11-21-42(32-40)67-30-29-59/h2-11,13-14,16-27,31-32,45-49,59H,28-30,33-34H2,1H3,(H,60,61)/t45-,46-,47-,48+,49+,54-/m0/s1. The number of hydrogen-bond donors (Lipinski definition) is 2. The Morgan fingerprint density at radius 2 is 1.48 bits per heavy atom. The molecule has 3 heterocycles. The van der Waals surface area contributed by atoms with Crippen molar-refractivity contribution in [3.05, 3.63) is 207 Å². The molecule has 9 rings (SSSR count). The molecular weight excluding hydrogens is 881 g/mol. The minimum atomic E-state index is -2.26. The van der Waals surface area contributed by atoms with Gasteiger partial charge in [-0.3, -0.25) is 34.3 Å². The summed E-state index contributed by atoms with van der Waals surface area (Å²) in [6.45, 7) is 0.199. The van der Waals surface area contributed by atoms with Gasteiger partial charge >= 0.3 is 18.0 Å². The number of aliphatic carboxylic acids is 1. The number of benzene rings is 6. The van der Waals surface area contributed by atoms with Gasteiger partial charge in [0.15, 0.2) is 0 Å². The zero-order chi connectivity index (χ0) is 48.2. The molecule has 6 atom stereocenters. The Balaban J connectivity index is 1.25. The van der Waals surface area contributed by atoms with Crippen LogP contribution in [0.15, 0.2) is 158 Å². The lowest BCUT2D eigenvalue weighted by atomic mass is 9.65. The molecular formula is C54H46N4O11. The van der Waals surface area contributed by atoms with E-state index in [0.717, 1.165) is 10.5 Å². The molecule has 2 saturated heterocycles. The number of aliphatic hydroxyl groups excluding tert-OH is 1. The zero-order valence-corrected chi connectivity index (χ0v) is 37.3. The van der Waals surface area contributed by atoms with Crippen LogP contribution in [-0.4, -0.2) is 81.7 Å². The number of nitro benzene ring substituents is 1. The molecule has 6 aromatic carbocycles. The highest BCUT2D eigenvalue weighted by Crippen LogP contribution is 2.66. The maximum atomic E-state index is 16.1. The number of carbonyl (C=O) groups excluding carboxylic acids is 3. The molecule has 348 valence electrons. The molecule has 2 amide bonds. The molecule has 3 aliphatic rings. The van der Waals surface area contributed by atoms with Gasteiger partial charge in [-0.25, -0.2) is 9.69 Å². The molecule has 0 saturated carbocycles. The van der Waals surface area contributed by atoms with Crippen molar-refractivity contribution < 1.29 is 48.5 Å². The van der Waals surface area contributed by atoms with Crippen LogP contribution in [0.1, 0.15) is 57.1 Å². The Morgan fingerprint density at radius 1 is 0.812 bits per heavy atom. The molecule has 3 aliphatic heterocycles. The second-order valence-electron chi connectivity index (χ2n) is 17.1. The van der Waals surface area contributed by atoms with Crippen LogP contribution in [0.3, 0.4) is 0 Å². The number of non-ortho nitro benzene ring substituents is 1. The first kappa shape index (κ1) is 46.0. The third-order valence-electron chi connectivity index (χ3n) is 12.8. The highest BCUT2D eigenvalue weighted by atomic mass is 16.6. The lowest BCUT2D eigenvalue weighted by molar-refractivity contribution is -0.384. The summed E-state index contributed by atoms with van der Waals surface area (Å²) >= 11 is 0. The lowest BCUT2D eigenvalue weighted by Crippen LogP contribution is -2.53. The summed E-state index contributed by atoms with van der Waals surface area (Å²) < 4.78 is 18.1. The normalized spacial score (nSPS) is 21.5. The highest BCUT2D eigenvalue weighted by Gasteiger charge is 2.76. The molecule has 0 aliphatic carbocycles. The molecule has 2 N–H and O–H groups in total. The molecule has 1 spiro atoms. The number of aliphatic hydroxyl groups is 1. The van der Waals surface area contributed by atoms with Gasteiger partial charge in [-0.1, -0.05) is 115 Å². The van der Waals surface area contributed by atoms with E-state index >= 15 is 4.79 Å². The van der Waals surface area contributed by atoms with Gasteiger partial charge in [0.1, 0.15) is 42.4 Å². The fraction of sp³-hybridized carbons (Fsp3) is 0.222. The van der Waals surface area contributed by atoms with Crippen molar-refractivity contribution in [3.63, 3.8) is 0 Å². The number of rotatable bonds is 13. The fourth-order valence-electron chi connectivity index (χ4n) is 10.0. The summed E-state index contributed by atoms with van der Waals surface area (Å²) in [5, 5.41) is 32.8. The molecule has 0 radical (unpaired) electrons. The Bertz CT molecular complexity index is 2960. The Hall–Kier alpha value is -8.16. The van der Waals surface area contributed by atoms with Crippen LogP contribution in [0.25, 0.3) is 0 Å². The lowest BCUT2D eigenvalue weighted by Gasteiger charge is -2.46. The van der Waals surface area contributed by atoms with Crippen LogP contribution in [0.5, 0.6) is 5.75 Å². The van der Waals surface area contributed by atoms with Crippen molar-refractivity contribution >= 4 is 35.3 Å². The number of carboxylic acid groups (broad SMARTS) is 1. The van der Waals surface area contributed by atoms with Crippen LogP contribution in [0.4, 0.5) is 16.2 Å². The van der Waals surface area contributed by atoms with E-state index in [-0.39, 0.29) is 30.2 Å². The SMILES string of the molecule is CN(CC#Cc1ccc2c(c1)[C@]1(C(=O)N2C(=O)OCc2ccc([N+](=O)[O-])cc2)[C@H](C(=O)O)[C@H]2C(=O)O[C@H](c3ccccc3)[C@H](c3ccccc3)N2[C@@H]1c1cccc(OCCO)c1)Cc1ccccc1. The number of imide groups is 1. The number of anilines is 1. The number of morpholine rings is 1. The number of ether oxygens (including phenoxy) is 3. The van der Waals surface area contributed by atoms with Gasteiger partial charge in [0.05, 0.1) is 35.8 Å². The first-order valence-electron chi connectivity index (χ1n) is 22.3. The van der Waals surface area contributed by atoms with Gasteiger partial charge in [-0.05, 0) is 82.9 Å². The number of carbonyl (C=O) groups is 4. The molecule has 2 fully saturated rings. The molecule has 0 aromatic heterocycles. The first-order valence-corrected chi connectivity index (χ1v) is 22.3. The molecule has 69 heavy (non-hydrogen) atoms. The fourth-order valence-corrected chi connectivity index (χ4v) is 10.0. The van der Waals surface area contributed by atoms with Crippen LogP contribution in [-0.2, 0) is 42.4 Å². The number of nitrogens with zero attached hydrogens (tertiary/aromatic N) is 4. The Labute approximate surface area is 397 Å². The maximum Gasteiger partial charge on any atom is 0.421 e. The van der Waals surface area contributed by atoms with Gasteiger partial charge in [0, 0.05) is 24.2 Å². The number of esters is 1. The van der Waals surface area contributed by atoms with Gasteiger partial charge < -0.3 is 24.4 Å². The average molecular weight is 927 g/mol. The summed E-state index contributed by atoms with van der Waals surface area (Å²) in [6, 6.07) is 41.2. The minimum absolute atomic E-state index is 0.0217. The van der Waals surface area contributed by atoms with Gasteiger partial charge in [0.2, 0.25) is 5.91 Å². The third-order valence-corrected chi connectivity index (χ3v) is 12.8. The third kappa shape index (κ3) is 8.68. The number of hydrogen-bond acceptors (Lipinski definition) is 12. The van der Waals surface area contributed by atoms with Crippen LogP contribution >= 0.6 is 0 Å². The van der Waals surface area contributed by atoms with Crippen LogP contribution in [0, 0.1) is 27.9 Å². The summed E-state index contributed by atoms with van der Waals surface area (Å²) in [5.74, 6) is 1.47. The second-order valence-corrected chi connectivity index (χ2v) is 17.1. The number of carboxylic acids is 1. The van der Waals surface area contributed by atoms with E-state index in [1.165, 1.54) is 30.3 Å². The predicted molar refractivity (Wildman–Crippen MR) is 252 cm³/mol. The van der Waals surface area contributed by atoms with Crippen molar-refractivity contribution in [1.82, 2.24) is 9.80 Å². The van der Waals surface area contributed by atoms with Crippen molar-refractivity contribution in [3.8, 4) is 17.6 Å². The summed E-state index contributed by atoms with van der Waals surface area (Å²) in [5.41, 5.74) is 1.26. The van der Waals surface area contributed by atoms with E-state index in [0.29, 0.717) is 46.7 Å². The monoisotopic (exact) mass is 926 g/mol. The molecule has 6 aromatic rings. The van der Waals surface area contributed by atoms with Crippen molar-refractivity contribution in [2.75, 3.05) is 31.7 Å². The molecule has 15 heteroatoms. The van der Waals surface area contributed by atoms with E-state index in [1.54, 1.807) is 53.4 Å². The quantitative estimate of drug-likeness (QED) is 0.0501. The smallest absolute Gasteiger partial charge is 0.421 e. The molecule has 0 bridgehead atoms. The van der Waals surface area contributed by atoms with Crippen molar-refractivity contribution in [2.24, 2.45) is 5.92 Å². The average Bonchev–Trinajstić information content (AvgIpc) is 3.82. The number of fused-ring (bicyclic) bond motifs is 3. The van der Waals surface area contributed by atoms with Crippen molar-refractivity contribution in [1.29, 1.82) is 0 Å². The highest BCUT2D eigenvalue weighted by molar-refractivity contribution is 6.23. The molecule has 0 unspecified atom stereocenters. The van der Waals surface area contributed by atoms with E-state index in [4.69, 9.17) is 14.2 Å².